The molecule has 2 heterocycles. The average Bonchev–Trinajstić information content (AvgIpc) is 2.71. The van der Waals surface area contributed by atoms with Crippen molar-refractivity contribution in [2.45, 2.75) is 0 Å². The number of aliphatic hydroxyl groups is 1. The Bertz CT molecular complexity index is 680. The summed E-state index contributed by atoms with van der Waals surface area (Å²) >= 11 is 0. The molecular formula is C18H24N4O4. The minimum absolute atomic E-state index is 0.0214. The van der Waals surface area contributed by atoms with Crippen molar-refractivity contribution in [1.29, 1.82) is 0 Å². The molecule has 8 heteroatoms. The van der Waals surface area contributed by atoms with Crippen molar-refractivity contribution in [3.63, 3.8) is 0 Å². The highest BCUT2D eigenvalue weighted by molar-refractivity contribution is 5.48. The fourth-order valence-electron chi connectivity index (χ4n) is 2.63. The van der Waals surface area contributed by atoms with Crippen LogP contribution in [0.1, 0.15) is 0 Å². The monoisotopic (exact) mass is 360 g/mol. The number of aliphatic hydroxyl groups excluding tert-OH is 1. The second-order valence-corrected chi connectivity index (χ2v) is 5.67. The summed E-state index contributed by atoms with van der Waals surface area (Å²) in [5.74, 6) is 2.64. The lowest BCUT2D eigenvalue weighted by atomic mass is 10.3. The van der Waals surface area contributed by atoms with Crippen LogP contribution in [0.4, 0.5) is 5.82 Å². The zero-order valence-corrected chi connectivity index (χ0v) is 14.6. The molecule has 0 amide bonds. The number of anilines is 1. The van der Waals surface area contributed by atoms with Crippen LogP contribution >= 0.6 is 0 Å². The molecule has 1 aliphatic heterocycles. The number of aromatic nitrogens is 2. The van der Waals surface area contributed by atoms with E-state index in [1.54, 1.807) is 18.5 Å². The molecule has 0 aliphatic carbocycles. The summed E-state index contributed by atoms with van der Waals surface area (Å²) in [6, 6.07) is 7.29. The van der Waals surface area contributed by atoms with Crippen LogP contribution in [0.3, 0.4) is 0 Å². The Kier molecular flexibility index (Phi) is 6.86. The van der Waals surface area contributed by atoms with Gasteiger partial charge in [-0.05, 0) is 12.1 Å². The fraction of sp³-hybridized carbons (Fsp3) is 0.444. The molecular weight excluding hydrogens is 336 g/mol. The lowest BCUT2D eigenvalue weighted by molar-refractivity contribution is 0.198. The molecule has 0 bridgehead atoms. The molecule has 26 heavy (non-hydrogen) atoms. The molecule has 1 saturated heterocycles. The molecule has 0 radical (unpaired) electrons. The van der Waals surface area contributed by atoms with Gasteiger partial charge < -0.3 is 29.5 Å². The van der Waals surface area contributed by atoms with Crippen LogP contribution in [0, 0.1) is 0 Å². The van der Waals surface area contributed by atoms with E-state index in [0.717, 1.165) is 32.0 Å². The SMILES string of the molecule is OCCOc1cccc(OCCOc2nccnc2N2CCNCC2)c1. The summed E-state index contributed by atoms with van der Waals surface area (Å²) in [7, 11) is 0. The van der Waals surface area contributed by atoms with Crippen LogP contribution < -0.4 is 24.4 Å². The third-order valence-electron chi connectivity index (χ3n) is 3.82. The van der Waals surface area contributed by atoms with E-state index >= 15 is 0 Å². The van der Waals surface area contributed by atoms with Crippen molar-refractivity contribution in [2.24, 2.45) is 0 Å². The van der Waals surface area contributed by atoms with Crippen LogP contribution in [0.25, 0.3) is 0 Å². The van der Waals surface area contributed by atoms with Crippen LogP contribution in [-0.4, -0.2) is 67.7 Å². The lowest BCUT2D eigenvalue weighted by Gasteiger charge is -2.28. The van der Waals surface area contributed by atoms with Gasteiger partial charge in [-0.3, -0.25) is 0 Å². The van der Waals surface area contributed by atoms with Crippen LogP contribution in [0.5, 0.6) is 17.4 Å². The Labute approximate surface area is 152 Å². The summed E-state index contributed by atoms with van der Waals surface area (Å²) < 4.78 is 16.8. The maximum Gasteiger partial charge on any atom is 0.257 e. The van der Waals surface area contributed by atoms with E-state index in [1.165, 1.54) is 0 Å². The maximum atomic E-state index is 8.80. The van der Waals surface area contributed by atoms with E-state index in [4.69, 9.17) is 19.3 Å². The van der Waals surface area contributed by atoms with Crippen molar-refractivity contribution in [2.75, 3.05) is 57.5 Å². The third kappa shape index (κ3) is 5.21. The standard InChI is InChI=1S/C18H24N4O4/c23-10-11-24-15-2-1-3-16(14-15)25-12-13-26-18-17(20-4-5-21-18)22-8-6-19-7-9-22/h1-5,14,19,23H,6-13H2. The van der Waals surface area contributed by atoms with Gasteiger partial charge in [0.2, 0.25) is 0 Å². The summed E-state index contributed by atoms with van der Waals surface area (Å²) in [6.07, 6.45) is 3.31. The molecule has 0 saturated carbocycles. The normalized spacial score (nSPS) is 14.1. The molecule has 2 aromatic rings. The minimum atomic E-state index is -0.0214. The van der Waals surface area contributed by atoms with Crippen molar-refractivity contribution in [3.05, 3.63) is 36.7 Å². The first-order valence-corrected chi connectivity index (χ1v) is 8.73. The highest BCUT2D eigenvalue weighted by atomic mass is 16.5. The first-order valence-electron chi connectivity index (χ1n) is 8.73. The summed E-state index contributed by atoms with van der Waals surface area (Å²) in [6.45, 7) is 4.58. The molecule has 0 unspecified atom stereocenters. The largest absolute Gasteiger partial charge is 0.491 e. The Balaban J connectivity index is 1.49. The molecule has 1 aromatic heterocycles. The second-order valence-electron chi connectivity index (χ2n) is 5.67. The van der Waals surface area contributed by atoms with Gasteiger partial charge >= 0.3 is 0 Å². The van der Waals surface area contributed by atoms with Crippen LogP contribution in [-0.2, 0) is 0 Å². The van der Waals surface area contributed by atoms with Gasteiger partial charge in [0, 0.05) is 44.6 Å². The van der Waals surface area contributed by atoms with E-state index in [0.29, 0.717) is 30.6 Å². The number of hydrogen-bond donors (Lipinski definition) is 2. The molecule has 0 atom stereocenters. The summed E-state index contributed by atoms with van der Waals surface area (Å²) in [4.78, 5) is 10.9. The van der Waals surface area contributed by atoms with Crippen LogP contribution in [0.15, 0.2) is 36.7 Å². The molecule has 1 aliphatic rings. The first kappa shape index (κ1) is 18.2. The highest BCUT2D eigenvalue weighted by Gasteiger charge is 2.17. The maximum absolute atomic E-state index is 8.80. The fourth-order valence-corrected chi connectivity index (χ4v) is 2.63. The number of rotatable bonds is 9. The molecule has 1 fully saturated rings. The molecule has 0 spiro atoms. The van der Waals surface area contributed by atoms with Crippen molar-refractivity contribution in [3.8, 4) is 17.4 Å². The highest BCUT2D eigenvalue weighted by Crippen LogP contribution is 2.23. The number of nitrogens with zero attached hydrogens (tertiary/aromatic N) is 3. The quantitative estimate of drug-likeness (QED) is 0.632. The van der Waals surface area contributed by atoms with Gasteiger partial charge in [-0.2, -0.15) is 0 Å². The second kappa shape index (κ2) is 9.79. The molecule has 8 nitrogen and oxygen atoms in total. The Morgan fingerprint density at radius 2 is 1.65 bits per heavy atom. The molecule has 140 valence electrons. The van der Waals surface area contributed by atoms with Gasteiger partial charge in [0.05, 0.1) is 6.61 Å². The lowest BCUT2D eigenvalue weighted by Crippen LogP contribution is -2.44. The van der Waals surface area contributed by atoms with Crippen molar-refractivity contribution >= 4 is 5.82 Å². The van der Waals surface area contributed by atoms with Gasteiger partial charge in [-0.25, -0.2) is 9.97 Å². The number of piperazine rings is 1. The van der Waals surface area contributed by atoms with Crippen molar-refractivity contribution < 1.29 is 19.3 Å². The Morgan fingerprint density at radius 1 is 0.962 bits per heavy atom. The number of nitrogens with one attached hydrogen (secondary N) is 1. The number of ether oxygens (including phenoxy) is 3. The number of benzene rings is 1. The average molecular weight is 360 g/mol. The Hall–Kier alpha value is -2.58. The summed E-state index contributed by atoms with van der Waals surface area (Å²) in [5, 5.41) is 12.1. The third-order valence-corrected chi connectivity index (χ3v) is 3.82. The number of hydrogen-bond acceptors (Lipinski definition) is 8. The molecule has 1 aromatic carbocycles. The van der Waals surface area contributed by atoms with Gasteiger partial charge in [0.1, 0.15) is 31.3 Å². The van der Waals surface area contributed by atoms with E-state index in [2.05, 4.69) is 20.2 Å². The van der Waals surface area contributed by atoms with Gasteiger partial charge in [-0.15, -0.1) is 0 Å². The topological polar surface area (TPSA) is 89.0 Å². The smallest absolute Gasteiger partial charge is 0.257 e. The minimum Gasteiger partial charge on any atom is -0.491 e. The van der Waals surface area contributed by atoms with Gasteiger partial charge in [0.15, 0.2) is 5.82 Å². The van der Waals surface area contributed by atoms with E-state index in [9.17, 15) is 0 Å². The molecule has 3 rings (SSSR count). The predicted molar refractivity (Wildman–Crippen MR) is 97.1 cm³/mol. The van der Waals surface area contributed by atoms with E-state index in [1.807, 2.05) is 18.2 Å². The van der Waals surface area contributed by atoms with E-state index in [-0.39, 0.29) is 13.2 Å². The van der Waals surface area contributed by atoms with Crippen molar-refractivity contribution in [1.82, 2.24) is 15.3 Å². The van der Waals surface area contributed by atoms with Gasteiger partial charge in [0.25, 0.3) is 5.88 Å². The first-order chi connectivity index (χ1) is 12.9. The molecule has 2 N–H and O–H groups in total. The van der Waals surface area contributed by atoms with Gasteiger partial charge in [-0.1, -0.05) is 6.07 Å². The van der Waals surface area contributed by atoms with E-state index < -0.39 is 0 Å². The Morgan fingerprint density at radius 3 is 2.42 bits per heavy atom. The predicted octanol–water partition coefficient (Wildman–Crippen LogP) is 0.715. The summed E-state index contributed by atoms with van der Waals surface area (Å²) in [5.41, 5.74) is 0. The van der Waals surface area contributed by atoms with Crippen LogP contribution in [0.2, 0.25) is 0 Å². The zero-order valence-electron chi connectivity index (χ0n) is 14.6. The zero-order chi connectivity index (χ0) is 18.0.